The van der Waals surface area contributed by atoms with Gasteiger partial charge >= 0.3 is 0 Å². The molecule has 4 nitrogen and oxygen atoms in total. The van der Waals surface area contributed by atoms with Gasteiger partial charge in [-0.2, -0.15) is 0 Å². The van der Waals surface area contributed by atoms with Crippen molar-refractivity contribution < 1.29 is 18.9 Å². The van der Waals surface area contributed by atoms with Crippen LogP contribution in [0.4, 0.5) is 0 Å². The SMILES string of the molecule is COCCOCCc1ccc(-c2ccc(-c3ccc(CCOCCOC)s3)s2)s1. The smallest absolute Gasteiger partial charge is 0.0700 e. The molecule has 0 atom stereocenters. The van der Waals surface area contributed by atoms with E-state index in [4.69, 9.17) is 18.9 Å². The van der Waals surface area contributed by atoms with E-state index in [2.05, 4.69) is 36.4 Å². The Morgan fingerprint density at radius 3 is 1.38 bits per heavy atom. The molecule has 0 aliphatic carbocycles. The molecule has 0 aliphatic heterocycles. The number of rotatable bonds is 14. The number of hydrogen-bond donors (Lipinski definition) is 0. The van der Waals surface area contributed by atoms with Gasteiger partial charge in [0.05, 0.1) is 39.6 Å². The van der Waals surface area contributed by atoms with Crippen molar-refractivity contribution in [3.05, 3.63) is 46.2 Å². The monoisotopic (exact) mass is 452 g/mol. The van der Waals surface area contributed by atoms with E-state index in [1.54, 1.807) is 14.2 Å². The normalized spacial score (nSPS) is 11.4. The molecule has 0 aliphatic rings. The zero-order valence-corrected chi connectivity index (χ0v) is 19.4. The fourth-order valence-electron chi connectivity index (χ4n) is 2.73. The predicted molar refractivity (Wildman–Crippen MR) is 124 cm³/mol. The first kappa shape index (κ1) is 22.6. The molecule has 0 spiro atoms. The molecule has 3 aromatic heterocycles. The molecule has 0 amide bonds. The molecule has 158 valence electrons. The van der Waals surface area contributed by atoms with Crippen molar-refractivity contribution in [3.63, 3.8) is 0 Å². The molecule has 3 heterocycles. The average Bonchev–Trinajstić information content (AvgIpc) is 3.47. The van der Waals surface area contributed by atoms with Gasteiger partial charge in [0.15, 0.2) is 0 Å². The van der Waals surface area contributed by atoms with E-state index in [-0.39, 0.29) is 0 Å². The number of hydrogen-bond acceptors (Lipinski definition) is 7. The highest BCUT2D eigenvalue weighted by atomic mass is 32.1. The van der Waals surface area contributed by atoms with E-state index in [1.165, 1.54) is 29.3 Å². The van der Waals surface area contributed by atoms with Gasteiger partial charge in [-0.3, -0.25) is 0 Å². The molecule has 0 aromatic carbocycles. The minimum atomic E-state index is 0.652. The van der Waals surface area contributed by atoms with Crippen LogP contribution in [0.15, 0.2) is 36.4 Å². The Morgan fingerprint density at radius 2 is 0.931 bits per heavy atom. The van der Waals surface area contributed by atoms with Crippen molar-refractivity contribution in [3.8, 4) is 19.5 Å². The third-order valence-corrected chi connectivity index (χ3v) is 8.03. The lowest BCUT2D eigenvalue weighted by Gasteiger charge is -2.01. The molecular formula is C22H28O4S3. The van der Waals surface area contributed by atoms with Crippen molar-refractivity contribution in [2.24, 2.45) is 0 Å². The van der Waals surface area contributed by atoms with Crippen LogP contribution in [0, 0.1) is 0 Å². The second kappa shape index (κ2) is 12.6. The molecule has 0 saturated heterocycles. The highest BCUT2D eigenvalue weighted by molar-refractivity contribution is 7.26. The lowest BCUT2D eigenvalue weighted by molar-refractivity contribution is 0.0725. The molecular weight excluding hydrogens is 424 g/mol. The Labute approximate surface area is 185 Å². The van der Waals surface area contributed by atoms with Gasteiger partial charge in [0.25, 0.3) is 0 Å². The van der Waals surface area contributed by atoms with Crippen LogP contribution in [0.25, 0.3) is 19.5 Å². The molecule has 0 bridgehead atoms. The summed E-state index contributed by atoms with van der Waals surface area (Å²) < 4.78 is 21.1. The zero-order valence-electron chi connectivity index (χ0n) is 17.0. The van der Waals surface area contributed by atoms with Crippen LogP contribution in [-0.4, -0.2) is 53.9 Å². The molecule has 29 heavy (non-hydrogen) atoms. The van der Waals surface area contributed by atoms with Gasteiger partial charge in [-0.25, -0.2) is 0 Å². The van der Waals surface area contributed by atoms with Crippen molar-refractivity contribution in [1.82, 2.24) is 0 Å². The van der Waals surface area contributed by atoms with Gasteiger partial charge in [0.1, 0.15) is 0 Å². The van der Waals surface area contributed by atoms with Gasteiger partial charge in [-0.15, -0.1) is 34.0 Å². The average molecular weight is 453 g/mol. The van der Waals surface area contributed by atoms with E-state index in [0.717, 1.165) is 26.1 Å². The number of thiophene rings is 3. The summed E-state index contributed by atoms with van der Waals surface area (Å²) in [7, 11) is 3.39. The van der Waals surface area contributed by atoms with Crippen molar-refractivity contribution >= 4 is 34.0 Å². The quantitative estimate of drug-likeness (QED) is 0.298. The molecule has 0 N–H and O–H groups in total. The minimum Gasteiger partial charge on any atom is -0.382 e. The summed E-state index contributed by atoms with van der Waals surface area (Å²) in [4.78, 5) is 8.04. The molecule has 0 radical (unpaired) electrons. The molecule has 3 aromatic rings. The molecule has 0 unspecified atom stereocenters. The van der Waals surface area contributed by atoms with Gasteiger partial charge in [-0.05, 0) is 36.4 Å². The van der Waals surface area contributed by atoms with Crippen molar-refractivity contribution in [2.45, 2.75) is 12.8 Å². The van der Waals surface area contributed by atoms with Crippen LogP contribution >= 0.6 is 34.0 Å². The van der Waals surface area contributed by atoms with Gasteiger partial charge in [0, 0.05) is 56.3 Å². The highest BCUT2D eigenvalue weighted by Gasteiger charge is 2.10. The number of methoxy groups -OCH3 is 2. The Kier molecular flexibility index (Phi) is 9.82. The first-order chi connectivity index (χ1) is 14.3. The summed E-state index contributed by atoms with van der Waals surface area (Å²) in [5, 5.41) is 0. The van der Waals surface area contributed by atoms with Crippen LogP contribution in [-0.2, 0) is 31.8 Å². The second-order valence-corrected chi connectivity index (χ2v) is 9.83. The summed E-state index contributed by atoms with van der Waals surface area (Å²) in [6.07, 6.45) is 1.90. The first-order valence-electron chi connectivity index (χ1n) is 9.71. The van der Waals surface area contributed by atoms with Gasteiger partial charge in [-0.1, -0.05) is 0 Å². The maximum Gasteiger partial charge on any atom is 0.0700 e. The van der Waals surface area contributed by atoms with E-state index < -0.39 is 0 Å². The van der Waals surface area contributed by atoms with E-state index in [1.807, 2.05) is 34.0 Å². The summed E-state index contributed by atoms with van der Waals surface area (Å²) in [5.41, 5.74) is 0. The maximum absolute atomic E-state index is 5.57. The van der Waals surface area contributed by atoms with Crippen LogP contribution in [0.3, 0.4) is 0 Å². The fraction of sp³-hybridized carbons (Fsp3) is 0.455. The maximum atomic E-state index is 5.57. The lowest BCUT2D eigenvalue weighted by atomic mass is 10.3. The van der Waals surface area contributed by atoms with Crippen LogP contribution in [0.5, 0.6) is 0 Å². The van der Waals surface area contributed by atoms with Crippen LogP contribution < -0.4 is 0 Å². The number of ether oxygens (including phenoxy) is 4. The zero-order chi connectivity index (χ0) is 20.3. The molecule has 3 rings (SSSR count). The minimum absolute atomic E-state index is 0.652. The molecule has 0 saturated carbocycles. The molecule has 7 heteroatoms. The summed E-state index contributed by atoms with van der Waals surface area (Å²) in [6, 6.07) is 13.3. The summed E-state index contributed by atoms with van der Waals surface area (Å²) in [6.45, 7) is 4.10. The van der Waals surface area contributed by atoms with E-state index in [0.29, 0.717) is 26.4 Å². The third kappa shape index (κ3) is 7.29. The van der Waals surface area contributed by atoms with E-state index >= 15 is 0 Å². The first-order valence-corrected chi connectivity index (χ1v) is 12.2. The third-order valence-electron chi connectivity index (χ3n) is 4.26. The Balaban J connectivity index is 1.50. The predicted octanol–water partition coefficient (Wildman–Crippen LogP) is 5.62. The standard InChI is InChI=1S/C22H28O4S3/c1-23-13-15-25-11-9-17-3-5-19(27-17)21-7-8-22(29-21)20-6-4-18(28-20)10-12-26-16-14-24-2/h3-8H,9-16H2,1-2H3. The Morgan fingerprint density at radius 1 is 0.517 bits per heavy atom. The van der Waals surface area contributed by atoms with Gasteiger partial charge in [0.2, 0.25) is 0 Å². The summed E-state index contributed by atoms with van der Waals surface area (Å²) >= 11 is 5.57. The Hall–Kier alpha value is -1.06. The van der Waals surface area contributed by atoms with Crippen molar-refractivity contribution in [2.75, 3.05) is 53.9 Å². The fourth-order valence-corrected chi connectivity index (χ4v) is 5.89. The highest BCUT2D eigenvalue weighted by Crippen LogP contribution is 2.40. The topological polar surface area (TPSA) is 36.9 Å². The van der Waals surface area contributed by atoms with Crippen molar-refractivity contribution in [1.29, 1.82) is 0 Å². The summed E-state index contributed by atoms with van der Waals surface area (Å²) in [5.74, 6) is 0. The molecule has 0 fully saturated rings. The lowest BCUT2D eigenvalue weighted by Crippen LogP contribution is -2.04. The van der Waals surface area contributed by atoms with E-state index in [9.17, 15) is 0 Å². The van der Waals surface area contributed by atoms with Crippen LogP contribution in [0.1, 0.15) is 9.75 Å². The largest absolute Gasteiger partial charge is 0.382 e. The Bertz CT molecular complexity index is 770. The van der Waals surface area contributed by atoms with Gasteiger partial charge < -0.3 is 18.9 Å². The van der Waals surface area contributed by atoms with Crippen LogP contribution in [0.2, 0.25) is 0 Å². The second-order valence-electron chi connectivity index (χ2n) is 6.41.